The SMILES string of the molecule is COc1ccc(C[NH2+]CC(=O)N2CCN(S(=O)(=O)c3ccc(C)cc3)CC2)cc1. The minimum Gasteiger partial charge on any atom is -0.497 e. The lowest BCUT2D eigenvalue weighted by Gasteiger charge is -2.33. The lowest BCUT2D eigenvalue weighted by atomic mass is 10.2. The normalized spacial score (nSPS) is 15.3. The van der Waals surface area contributed by atoms with E-state index in [-0.39, 0.29) is 5.91 Å². The van der Waals surface area contributed by atoms with Gasteiger partial charge in [0.15, 0.2) is 6.54 Å². The Hall–Kier alpha value is -2.42. The number of quaternary nitrogens is 1. The van der Waals surface area contributed by atoms with Crippen LogP contribution in [0.1, 0.15) is 11.1 Å². The van der Waals surface area contributed by atoms with Gasteiger partial charge in [0, 0.05) is 31.7 Å². The second kappa shape index (κ2) is 9.39. The number of methoxy groups -OCH3 is 1. The first-order valence-corrected chi connectivity index (χ1v) is 11.1. The molecule has 1 saturated heterocycles. The summed E-state index contributed by atoms with van der Waals surface area (Å²) in [6, 6.07) is 14.6. The Morgan fingerprint density at radius 2 is 1.62 bits per heavy atom. The molecule has 0 unspecified atom stereocenters. The monoisotopic (exact) mass is 418 g/mol. The van der Waals surface area contributed by atoms with Crippen molar-refractivity contribution in [3.05, 3.63) is 59.7 Å². The molecule has 2 aromatic carbocycles. The summed E-state index contributed by atoms with van der Waals surface area (Å²) in [5, 5.41) is 1.96. The molecule has 2 aromatic rings. The highest BCUT2D eigenvalue weighted by molar-refractivity contribution is 7.89. The Morgan fingerprint density at radius 1 is 1.00 bits per heavy atom. The fourth-order valence-electron chi connectivity index (χ4n) is 3.29. The second-order valence-electron chi connectivity index (χ2n) is 7.14. The molecule has 0 spiro atoms. The molecular weight excluding hydrogens is 390 g/mol. The van der Waals surface area contributed by atoms with Crippen LogP contribution in [-0.2, 0) is 21.4 Å². The number of carbonyl (C=O) groups is 1. The van der Waals surface area contributed by atoms with E-state index in [1.54, 1.807) is 36.3 Å². The van der Waals surface area contributed by atoms with Crippen LogP contribution >= 0.6 is 0 Å². The van der Waals surface area contributed by atoms with E-state index in [0.717, 1.165) is 16.9 Å². The summed E-state index contributed by atoms with van der Waals surface area (Å²) in [6.07, 6.45) is 0. The van der Waals surface area contributed by atoms with Crippen LogP contribution in [0.25, 0.3) is 0 Å². The van der Waals surface area contributed by atoms with E-state index in [0.29, 0.717) is 44.2 Å². The van der Waals surface area contributed by atoms with Crippen LogP contribution in [-0.4, -0.2) is 63.4 Å². The maximum Gasteiger partial charge on any atom is 0.277 e. The minimum atomic E-state index is -3.51. The van der Waals surface area contributed by atoms with Gasteiger partial charge in [0.1, 0.15) is 12.3 Å². The van der Waals surface area contributed by atoms with Crippen molar-refractivity contribution >= 4 is 15.9 Å². The fraction of sp³-hybridized carbons (Fsp3) is 0.381. The molecule has 0 aromatic heterocycles. The molecule has 0 radical (unpaired) electrons. The maximum absolute atomic E-state index is 12.8. The van der Waals surface area contributed by atoms with E-state index in [4.69, 9.17) is 4.74 Å². The first kappa shape index (κ1) is 21.3. The zero-order valence-electron chi connectivity index (χ0n) is 16.9. The number of piperazine rings is 1. The summed E-state index contributed by atoms with van der Waals surface area (Å²) in [7, 11) is -1.88. The minimum absolute atomic E-state index is 0.0332. The number of amides is 1. The first-order chi connectivity index (χ1) is 13.9. The summed E-state index contributed by atoms with van der Waals surface area (Å²) < 4.78 is 32.1. The van der Waals surface area contributed by atoms with Gasteiger partial charge < -0.3 is 15.0 Å². The number of carbonyl (C=O) groups excluding carboxylic acids is 1. The highest BCUT2D eigenvalue weighted by Gasteiger charge is 2.30. The molecular formula is C21H28N3O4S+. The standard InChI is InChI=1S/C21H27N3O4S/c1-17-3-9-20(10-4-17)29(26,27)24-13-11-23(12-14-24)21(25)16-22-15-18-5-7-19(28-2)8-6-18/h3-10,22H,11-16H2,1-2H3/p+1. The van der Waals surface area contributed by atoms with Crippen molar-refractivity contribution in [2.45, 2.75) is 18.4 Å². The zero-order valence-corrected chi connectivity index (χ0v) is 17.7. The molecule has 0 atom stereocenters. The molecule has 8 heteroatoms. The van der Waals surface area contributed by atoms with Gasteiger partial charge in [0.05, 0.1) is 12.0 Å². The molecule has 7 nitrogen and oxygen atoms in total. The first-order valence-electron chi connectivity index (χ1n) is 9.69. The van der Waals surface area contributed by atoms with Crippen molar-refractivity contribution in [2.75, 3.05) is 39.8 Å². The molecule has 1 aliphatic rings. The third-order valence-corrected chi connectivity index (χ3v) is 7.02. The number of hydrogen-bond donors (Lipinski definition) is 1. The number of rotatable bonds is 7. The van der Waals surface area contributed by atoms with E-state index in [1.165, 1.54) is 4.31 Å². The number of nitrogens with zero attached hydrogens (tertiary/aromatic N) is 2. The topological polar surface area (TPSA) is 83.5 Å². The zero-order chi connectivity index (χ0) is 20.9. The average Bonchev–Trinajstić information content (AvgIpc) is 2.74. The highest BCUT2D eigenvalue weighted by atomic mass is 32.2. The third-order valence-electron chi connectivity index (χ3n) is 5.11. The van der Waals surface area contributed by atoms with Crippen LogP contribution in [0.2, 0.25) is 0 Å². The second-order valence-corrected chi connectivity index (χ2v) is 9.08. The Kier molecular flexibility index (Phi) is 6.89. The molecule has 1 fully saturated rings. The number of aryl methyl sites for hydroxylation is 1. The van der Waals surface area contributed by atoms with Crippen molar-refractivity contribution in [2.24, 2.45) is 0 Å². The van der Waals surface area contributed by atoms with E-state index < -0.39 is 10.0 Å². The van der Waals surface area contributed by atoms with Crippen LogP contribution < -0.4 is 10.1 Å². The van der Waals surface area contributed by atoms with Crippen molar-refractivity contribution < 1.29 is 23.3 Å². The molecule has 0 bridgehead atoms. The molecule has 1 aliphatic heterocycles. The maximum atomic E-state index is 12.8. The summed E-state index contributed by atoms with van der Waals surface area (Å²) in [5.41, 5.74) is 2.14. The van der Waals surface area contributed by atoms with Crippen LogP contribution in [0.4, 0.5) is 0 Å². The van der Waals surface area contributed by atoms with Gasteiger partial charge >= 0.3 is 0 Å². The molecule has 0 saturated carbocycles. The van der Waals surface area contributed by atoms with Gasteiger partial charge in [-0.25, -0.2) is 8.42 Å². The summed E-state index contributed by atoms with van der Waals surface area (Å²) in [4.78, 5) is 14.5. The largest absolute Gasteiger partial charge is 0.497 e. The van der Waals surface area contributed by atoms with E-state index in [2.05, 4.69) is 0 Å². The van der Waals surface area contributed by atoms with Crippen LogP contribution in [0, 0.1) is 6.92 Å². The highest BCUT2D eigenvalue weighted by Crippen LogP contribution is 2.18. The smallest absolute Gasteiger partial charge is 0.277 e. The Balaban J connectivity index is 1.47. The van der Waals surface area contributed by atoms with E-state index in [9.17, 15) is 13.2 Å². The van der Waals surface area contributed by atoms with Crippen molar-refractivity contribution in [1.82, 2.24) is 9.21 Å². The lowest BCUT2D eigenvalue weighted by molar-refractivity contribution is -0.660. The Morgan fingerprint density at radius 3 is 2.21 bits per heavy atom. The van der Waals surface area contributed by atoms with Gasteiger partial charge in [-0.15, -0.1) is 0 Å². The van der Waals surface area contributed by atoms with Gasteiger partial charge in [-0.05, 0) is 43.3 Å². The molecule has 1 heterocycles. The number of hydrogen-bond acceptors (Lipinski definition) is 4. The van der Waals surface area contributed by atoms with Gasteiger partial charge in [0.25, 0.3) is 5.91 Å². The molecule has 0 aliphatic carbocycles. The molecule has 2 N–H and O–H groups in total. The van der Waals surface area contributed by atoms with Crippen LogP contribution in [0.5, 0.6) is 5.75 Å². The number of sulfonamides is 1. The van der Waals surface area contributed by atoms with Crippen LogP contribution in [0.15, 0.2) is 53.4 Å². The summed E-state index contributed by atoms with van der Waals surface area (Å²) >= 11 is 0. The number of benzene rings is 2. The average molecular weight is 419 g/mol. The Labute approximate surface area is 172 Å². The van der Waals surface area contributed by atoms with Crippen molar-refractivity contribution in [3.8, 4) is 5.75 Å². The predicted octanol–water partition coefficient (Wildman–Crippen LogP) is 0.600. The Bertz CT molecular complexity index is 919. The van der Waals surface area contributed by atoms with Gasteiger partial charge in [-0.2, -0.15) is 4.31 Å². The quantitative estimate of drug-likeness (QED) is 0.714. The summed E-state index contributed by atoms with van der Waals surface area (Å²) in [6.45, 7) is 4.45. The predicted molar refractivity (Wildman–Crippen MR) is 110 cm³/mol. The van der Waals surface area contributed by atoms with Crippen molar-refractivity contribution in [3.63, 3.8) is 0 Å². The number of nitrogens with two attached hydrogens (primary N) is 1. The molecule has 1 amide bonds. The fourth-order valence-corrected chi connectivity index (χ4v) is 4.71. The third kappa shape index (κ3) is 5.35. The van der Waals surface area contributed by atoms with Crippen molar-refractivity contribution in [1.29, 1.82) is 0 Å². The molecule has 3 rings (SSSR count). The molecule has 29 heavy (non-hydrogen) atoms. The van der Waals surface area contributed by atoms with Gasteiger partial charge in [0.2, 0.25) is 10.0 Å². The van der Waals surface area contributed by atoms with Crippen LogP contribution in [0.3, 0.4) is 0 Å². The summed E-state index contributed by atoms with van der Waals surface area (Å²) in [5.74, 6) is 0.842. The van der Waals surface area contributed by atoms with Gasteiger partial charge in [-0.3, -0.25) is 4.79 Å². The molecule has 156 valence electrons. The van der Waals surface area contributed by atoms with E-state index in [1.807, 2.05) is 36.5 Å². The van der Waals surface area contributed by atoms with Gasteiger partial charge in [-0.1, -0.05) is 17.7 Å². The lowest BCUT2D eigenvalue weighted by Crippen LogP contribution is -2.85. The number of ether oxygens (including phenoxy) is 1. The van der Waals surface area contributed by atoms with E-state index >= 15 is 0 Å².